The number of hydrogen-bond donors (Lipinski definition) is 0. The summed E-state index contributed by atoms with van der Waals surface area (Å²) < 4.78 is 10.7. The number of nitrogens with zero attached hydrogens (tertiary/aromatic N) is 2. The summed E-state index contributed by atoms with van der Waals surface area (Å²) in [5.74, 6) is 1.65. The molecule has 0 radical (unpaired) electrons. The first-order chi connectivity index (χ1) is 12.5. The van der Waals surface area contributed by atoms with Crippen molar-refractivity contribution >= 4 is 17.7 Å². The second-order valence-corrected chi connectivity index (χ2v) is 7.34. The zero-order chi connectivity index (χ0) is 18.5. The molecule has 0 bridgehead atoms. The molecule has 0 saturated heterocycles. The second-order valence-electron chi connectivity index (χ2n) is 6.46. The van der Waals surface area contributed by atoms with Crippen LogP contribution in [0.5, 0.6) is 11.5 Å². The van der Waals surface area contributed by atoms with E-state index >= 15 is 0 Å². The third-order valence-electron chi connectivity index (χ3n) is 4.30. The van der Waals surface area contributed by atoms with E-state index in [4.69, 9.17) is 9.47 Å². The summed E-state index contributed by atoms with van der Waals surface area (Å²) in [6.07, 6.45) is 2.06. The van der Waals surface area contributed by atoms with Crippen LogP contribution in [0.15, 0.2) is 47.4 Å². The van der Waals surface area contributed by atoms with E-state index in [-0.39, 0.29) is 12.7 Å². The molecule has 2 aromatic carbocycles. The fourth-order valence-corrected chi connectivity index (χ4v) is 3.26. The minimum Gasteiger partial charge on any atom is -0.454 e. The Morgan fingerprint density at radius 1 is 1.00 bits per heavy atom. The van der Waals surface area contributed by atoms with Crippen LogP contribution in [-0.2, 0) is 17.9 Å². The largest absolute Gasteiger partial charge is 0.454 e. The lowest BCUT2D eigenvalue weighted by Crippen LogP contribution is -2.36. The minimum absolute atomic E-state index is 0.0992. The van der Waals surface area contributed by atoms with Crippen molar-refractivity contribution in [2.75, 3.05) is 33.7 Å². The average Bonchev–Trinajstić information content (AvgIpc) is 3.10. The van der Waals surface area contributed by atoms with Gasteiger partial charge in [0.25, 0.3) is 0 Å². The Labute approximate surface area is 158 Å². The van der Waals surface area contributed by atoms with E-state index in [1.54, 1.807) is 16.7 Å². The van der Waals surface area contributed by atoms with Crippen LogP contribution in [-0.4, -0.2) is 49.4 Å². The predicted molar refractivity (Wildman–Crippen MR) is 104 cm³/mol. The van der Waals surface area contributed by atoms with Gasteiger partial charge in [-0.05, 0) is 48.7 Å². The summed E-state index contributed by atoms with van der Waals surface area (Å²) in [6, 6.07) is 14.2. The SMILES string of the molecule is CSc1ccc(CN(C)C(=O)CN(C)Cc2ccc3c(c2)OCO3)cc1. The lowest BCUT2D eigenvalue weighted by atomic mass is 10.2. The van der Waals surface area contributed by atoms with Crippen LogP contribution < -0.4 is 9.47 Å². The predicted octanol–water partition coefficient (Wildman–Crippen LogP) is 3.23. The molecule has 6 heteroatoms. The summed E-state index contributed by atoms with van der Waals surface area (Å²) in [5, 5.41) is 0. The number of benzene rings is 2. The molecular formula is C20H24N2O3S. The first kappa shape index (κ1) is 18.6. The summed E-state index contributed by atoms with van der Waals surface area (Å²) in [4.78, 5) is 17.5. The van der Waals surface area contributed by atoms with E-state index in [2.05, 4.69) is 30.5 Å². The van der Waals surface area contributed by atoms with Gasteiger partial charge >= 0.3 is 0 Å². The highest BCUT2D eigenvalue weighted by atomic mass is 32.2. The summed E-state index contributed by atoms with van der Waals surface area (Å²) in [5.41, 5.74) is 2.23. The fraction of sp³-hybridized carbons (Fsp3) is 0.350. The Morgan fingerprint density at radius 2 is 1.69 bits per heavy atom. The number of carbonyl (C=O) groups excluding carboxylic acids is 1. The molecule has 3 rings (SSSR count). The van der Waals surface area contributed by atoms with Gasteiger partial charge in [-0.2, -0.15) is 0 Å². The van der Waals surface area contributed by atoms with Gasteiger partial charge in [0, 0.05) is 25.0 Å². The fourth-order valence-electron chi connectivity index (χ4n) is 2.85. The lowest BCUT2D eigenvalue weighted by molar-refractivity contribution is -0.131. The standard InChI is InChI=1S/C20H24N2O3S/c1-21(11-16-6-9-18-19(10-16)25-14-24-18)13-20(23)22(2)12-15-4-7-17(26-3)8-5-15/h4-10H,11-14H2,1-3H3. The van der Waals surface area contributed by atoms with Crippen LogP contribution in [0.3, 0.4) is 0 Å². The number of carbonyl (C=O) groups is 1. The lowest BCUT2D eigenvalue weighted by Gasteiger charge is -2.22. The molecular weight excluding hydrogens is 348 g/mol. The van der Waals surface area contributed by atoms with E-state index in [0.717, 1.165) is 22.6 Å². The monoisotopic (exact) mass is 372 g/mol. The molecule has 138 valence electrons. The molecule has 5 nitrogen and oxygen atoms in total. The number of hydrogen-bond acceptors (Lipinski definition) is 5. The van der Waals surface area contributed by atoms with Crippen LogP contribution in [0, 0.1) is 0 Å². The molecule has 0 aromatic heterocycles. The van der Waals surface area contributed by atoms with Gasteiger partial charge in [0.05, 0.1) is 6.54 Å². The van der Waals surface area contributed by atoms with Crippen molar-refractivity contribution < 1.29 is 14.3 Å². The zero-order valence-corrected chi connectivity index (χ0v) is 16.2. The first-order valence-corrected chi connectivity index (χ1v) is 9.71. The highest BCUT2D eigenvalue weighted by Crippen LogP contribution is 2.32. The van der Waals surface area contributed by atoms with E-state index < -0.39 is 0 Å². The molecule has 0 spiro atoms. The molecule has 26 heavy (non-hydrogen) atoms. The third-order valence-corrected chi connectivity index (χ3v) is 5.04. The van der Waals surface area contributed by atoms with Crippen molar-refractivity contribution in [1.82, 2.24) is 9.80 Å². The van der Waals surface area contributed by atoms with Crippen LogP contribution >= 0.6 is 11.8 Å². The molecule has 0 aliphatic carbocycles. The molecule has 1 aliphatic rings. The van der Waals surface area contributed by atoms with Gasteiger partial charge in [-0.25, -0.2) is 0 Å². The van der Waals surface area contributed by atoms with Gasteiger partial charge in [0.2, 0.25) is 12.7 Å². The maximum absolute atomic E-state index is 12.5. The Kier molecular flexibility index (Phi) is 6.06. The van der Waals surface area contributed by atoms with Crippen molar-refractivity contribution in [1.29, 1.82) is 0 Å². The topological polar surface area (TPSA) is 42.0 Å². The van der Waals surface area contributed by atoms with Crippen LogP contribution in [0.4, 0.5) is 0 Å². The van der Waals surface area contributed by atoms with Gasteiger partial charge < -0.3 is 14.4 Å². The van der Waals surface area contributed by atoms with Crippen molar-refractivity contribution in [3.63, 3.8) is 0 Å². The molecule has 1 aliphatic heterocycles. The number of thioether (sulfide) groups is 1. The van der Waals surface area contributed by atoms with Crippen LogP contribution in [0.1, 0.15) is 11.1 Å². The maximum Gasteiger partial charge on any atom is 0.236 e. The Bertz CT molecular complexity index is 764. The van der Waals surface area contributed by atoms with Gasteiger partial charge in [0.15, 0.2) is 11.5 Å². The summed E-state index contributed by atoms with van der Waals surface area (Å²) in [6.45, 7) is 1.94. The highest BCUT2D eigenvalue weighted by molar-refractivity contribution is 7.98. The molecule has 1 heterocycles. The van der Waals surface area contributed by atoms with Crippen molar-refractivity contribution in [2.45, 2.75) is 18.0 Å². The van der Waals surface area contributed by atoms with E-state index in [0.29, 0.717) is 19.6 Å². The first-order valence-electron chi connectivity index (χ1n) is 8.49. The Hall–Kier alpha value is -2.18. The van der Waals surface area contributed by atoms with Crippen molar-refractivity contribution in [2.24, 2.45) is 0 Å². The molecule has 0 fully saturated rings. The van der Waals surface area contributed by atoms with E-state index in [1.807, 2.05) is 37.2 Å². The van der Waals surface area contributed by atoms with Crippen LogP contribution in [0.2, 0.25) is 0 Å². The molecule has 0 saturated carbocycles. The summed E-state index contributed by atoms with van der Waals surface area (Å²) >= 11 is 1.72. The van der Waals surface area contributed by atoms with Gasteiger partial charge in [-0.3, -0.25) is 9.69 Å². The third kappa shape index (κ3) is 4.71. The normalized spacial score (nSPS) is 12.5. The number of rotatable bonds is 7. The van der Waals surface area contributed by atoms with E-state index in [1.165, 1.54) is 4.90 Å². The number of amides is 1. The minimum atomic E-state index is 0.0992. The quantitative estimate of drug-likeness (QED) is 0.698. The Balaban J connectivity index is 1.51. The highest BCUT2D eigenvalue weighted by Gasteiger charge is 2.16. The maximum atomic E-state index is 12.5. The second kappa shape index (κ2) is 8.47. The van der Waals surface area contributed by atoms with E-state index in [9.17, 15) is 4.79 Å². The van der Waals surface area contributed by atoms with Gasteiger partial charge in [-0.1, -0.05) is 18.2 Å². The van der Waals surface area contributed by atoms with Crippen LogP contribution in [0.25, 0.3) is 0 Å². The number of fused-ring (bicyclic) bond motifs is 1. The zero-order valence-electron chi connectivity index (χ0n) is 15.4. The molecule has 1 amide bonds. The summed E-state index contributed by atoms with van der Waals surface area (Å²) in [7, 11) is 3.79. The van der Waals surface area contributed by atoms with Gasteiger partial charge in [-0.15, -0.1) is 11.8 Å². The molecule has 0 atom stereocenters. The molecule has 0 N–H and O–H groups in total. The number of likely N-dealkylation sites (N-methyl/N-ethyl adjacent to an activating group) is 2. The Morgan fingerprint density at radius 3 is 2.42 bits per heavy atom. The molecule has 0 unspecified atom stereocenters. The average molecular weight is 372 g/mol. The van der Waals surface area contributed by atoms with Gasteiger partial charge in [0.1, 0.15) is 0 Å². The van der Waals surface area contributed by atoms with Crippen molar-refractivity contribution in [3.05, 3.63) is 53.6 Å². The molecule has 2 aromatic rings. The number of ether oxygens (including phenoxy) is 2. The van der Waals surface area contributed by atoms with Crippen molar-refractivity contribution in [3.8, 4) is 11.5 Å². The smallest absolute Gasteiger partial charge is 0.236 e.